The molecular formula is C64H65F8N15O19S5. The Morgan fingerprint density at radius 2 is 0.793 bits per heavy atom. The number of fused-ring (bicyclic) bond motifs is 2. The first-order chi connectivity index (χ1) is 51.7. The summed E-state index contributed by atoms with van der Waals surface area (Å²) in [5.74, 6) is -1.56. The van der Waals surface area contributed by atoms with Crippen molar-refractivity contribution in [2.24, 2.45) is 0 Å². The van der Waals surface area contributed by atoms with Crippen LogP contribution in [0, 0.1) is 42.9 Å². The van der Waals surface area contributed by atoms with Crippen LogP contribution in [-0.2, 0) is 78.0 Å². The van der Waals surface area contributed by atoms with Crippen LogP contribution in [0.3, 0.4) is 0 Å². The summed E-state index contributed by atoms with van der Waals surface area (Å²) in [5.41, 5.74) is 7.40. The maximum Gasteiger partial charge on any atom is 0.387 e. The Balaban J connectivity index is 0.000000200. The van der Waals surface area contributed by atoms with Gasteiger partial charge in [0.2, 0.25) is 0 Å². The molecule has 7 N–H and O–H groups in total. The molecule has 0 saturated heterocycles. The van der Waals surface area contributed by atoms with Crippen molar-refractivity contribution in [3.63, 3.8) is 0 Å². The summed E-state index contributed by atoms with van der Waals surface area (Å²) in [6.45, 7) is -12.3. The topological polar surface area (TPSA) is 496 Å². The lowest BCUT2D eigenvalue weighted by Gasteiger charge is -2.14. The number of nitrogens with one attached hydrogen (secondary N) is 4. The minimum Gasteiger partial charge on any atom is -0.508 e. The Morgan fingerprint density at radius 1 is 0.486 bits per heavy atom. The molecule has 596 valence electrons. The molecule has 0 atom stereocenters. The number of phenolic OH excluding ortho intramolecular Hbond substituents is 1. The van der Waals surface area contributed by atoms with Gasteiger partial charge in [-0.1, -0.05) is 0 Å². The van der Waals surface area contributed by atoms with Gasteiger partial charge in [0.05, 0.1) is 51.0 Å². The van der Waals surface area contributed by atoms with Crippen LogP contribution in [-0.4, -0.2) is 156 Å². The van der Waals surface area contributed by atoms with Gasteiger partial charge in [0.15, 0.2) is 60.5 Å². The molecule has 0 aliphatic heterocycles. The zero-order valence-electron chi connectivity index (χ0n) is 58.2. The number of nitrogen functional groups attached to an aromatic ring is 1. The predicted molar refractivity (Wildman–Crippen MR) is 386 cm³/mol. The number of aromatic nitrogens is 6. The van der Waals surface area contributed by atoms with Gasteiger partial charge in [-0.15, -0.1) is 0 Å². The van der Waals surface area contributed by atoms with E-state index in [1.807, 2.05) is 12.1 Å². The Hall–Kier alpha value is -11.7. The maximum absolute atomic E-state index is 12.7. The summed E-state index contributed by atoms with van der Waals surface area (Å²) in [5, 5.41) is 70.0. The third-order valence-corrected chi connectivity index (χ3v) is 18.5. The first kappa shape index (κ1) is 86.5. The summed E-state index contributed by atoms with van der Waals surface area (Å²) in [7, 11) is -17.2. The van der Waals surface area contributed by atoms with Crippen LogP contribution in [0.1, 0.15) is 64.6 Å². The highest BCUT2D eigenvalue weighted by atomic mass is 32.2. The molecule has 0 unspecified atom stereocenters. The number of non-ortho nitro benzene ring substituents is 2. The van der Waals surface area contributed by atoms with Crippen LogP contribution in [0.4, 0.5) is 86.8 Å². The number of nitriles is 2. The molecule has 9 aromatic rings. The lowest BCUT2D eigenvalue weighted by molar-refractivity contribution is -0.385. The van der Waals surface area contributed by atoms with Gasteiger partial charge in [-0.05, 0) is 92.4 Å². The second-order valence-electron chi connectivity index (χ2n) is 24.4. The minimum absolute atomic E-state index is 0.0340. The zero-order valence-corrected chi connectivity index (χ0v) is 62.3. The molecule has 0 radical (unpaired) electrons. The number of sulfone groups is 5. The number of nitro benzene ring substituents is 2. The third-order valence-electron chi connectivity index (χ3n) is 14.3. The van der Waals surface area contributed by atoms with Gasteiger partial charge in [0, 0.05) is 125 Å². The number of anilines is 7. The number of alkyl halides is 8. The number of phenols is 1. The SMILES string of the molecule is CS(=O)(=O)Cc1cc(N)ccc1OC(F)F.CS(=O)(=O)Cc1cc(Nc2cc(NC3CC3)n3ncc(C#N)c3n2)ccc1OC(F)F.CS(=O)(=O)Cc1cc(Nc2cc(NC3CC3)n3ncc(C#N)c3n2)ccc1OC(F)F.CS(=O)(=O)Cc1cc([N+](=O)[O-])ccc1O.CS(=O)(=O)Cc1cc([N+](=O)[O-])ccc1OC(F)F. The minimum atomic E-state index is -3.53. The fraction of sp³-hybridized carbons (Fsp3) is 0.312. The molecule has 0 amide bonds. The first-order valence-corrected chi connectivity index (χ1v) is 41.7. The molecule has 47 heteroatoms. The second kappa shape index (κ2) is 36.7. The molecule has 34 nitrogen and oxygen atoms in total. The molecule has 2 saturated carbocycles. The average molecular weight is 1660 g/mol. The van der Waals surface area contributed by atoms with Crippen molar-refractivity contribution in [2.45, 2.75) is 93.0 Å². The average Bonchev–Trinajstić information content (AvgIpc) is 1.64. The lowest BCUT2D eigenvalue weighted by Crippen LogP contribution is -2.10. The van der Waals surface area contributed by atoms with Gasteiger partial charge in [-0.3, -0.25) is 20.2 Å². The van der Waals surface area contributed by atoms with Crippen molar-refractivity contribution >= 4 is 112 Å². The highest BCUT2D eigenvalue weighted by molar-refractivity contribution is 7.90. The molecule has 11 rings (SSSR count). The second-order valence-corrected chi connectivity index (χ2v) is 35.1. The van der Waals surface area contributed by atoms with Crippen molar-refractivity contribution in [2.75, 3.05) is 58.3 Å². The van der Waals surface area contributed by atoms with E-state index < -0.39 is 114 Å². The van der Waals surface area contributed by atoms with E-state index in [-0.39, 0.29) is 68.0 Å². The smallest absolute Gasteiger partial charge is 0.387 e. The van der Waals surface area contributed by atoms with Crippen LogP contribution in [0.2, 0.25) is 0 Å². The van der Waals surface area contributed by atoms with Crippen molar-refractivity contribution in [1.82, 2.24) is 29.2 Å². The number of nitrogens with two attached hydrogens (primary N) is 1. The Bertz CT molecular complexity index is 5420. The molecule has 2 fully saturated rings. The normalized spacial score (nSPS) is 12.9. The van der Waals surface area contributed by atoms with Gasteiger partial charge in [0.25, 0.3) is 11.4 Å². The van der Waals surface area contributed by atoms with Crippen LogP contribution >= 0.6 is 0 Å². The summed E-state index contributed by atoms with van der Waals surface area (Å²) in [4.78, 5) is 28.4. The third kappa shape index (κ3) is 28.7. The van der Waals surface area contributed by atoms with Crippen molar-refractivity contribution in [1.29, 1.82) is 10.5 Å². The van der Waals surface area contributed by atoms with Crippen molar-refractivity contribution in [3.05, 3.63) is 175 Å². The van der Waals surface area contributed by atoms with Crippen molar-refractivity contribution in [3.8, 4) is 40.9 Å². The van der Waals surface area contributed by atoms with Crippen LogP contribution < -0.4 is 45.9 Å². The molecule has 4 heterocycles. The van der Waals surface area contributed by atoms with E-state index >= 15 is 0 Å². The Morgan fingerprint density at radius 3 is 1.12 bits per heavy atom. The maximum atomic E-state index is 12.7. The number of hydrogen-bond donors (Lipinski definition) is 6. The van der Waals surface area contributed by atoms with E-state index in [9.17, 15) is 113 Å². The van der Waals surface area contributed by atoms with E-state index in [0.29, 0.717) is 74.8 Å². The predicted octanol–water partition coefficient (Wildman–Crippen LogP) is 10.1. The fourth-order valence-corrected chi connectivity index (χ4v) is 13.6. The van der Waals surface area contributed by atoms with Crippen LogP contribution in [0.15, 0.2) is 116 Å². The molecule has 2 aliphatic rings. The molecule has 2 aliphatic carbocycles. The lowest BCUT2D eigenvalue weighted by atomic mass is 10.2. The van der Waals surface area contributed by atoms with Gasteiger partial charge < -0.3 is 51.1 Å². The van der Waals surface area contributed by atoms with E-state index in [4.69, 9.17) is 5.73 Å². The summed E-state index contributed by atoms with van der Waals surface area (Å²) in [6.07, 6.45) is 11.8. The number of rotatable bonds is 28. The number of aromatic hydroxyl groups is 1. The number of halogens is 8. The van der Waals surface area contributed by atoms with Crippen molar-refractivity contribution < 1.29 is 111 Å². The number of nitrogens with zero attached hydrogens (tertiary/aromatic N) is 10. The summed E-state index contributed by atoms with van der Waals surface area (Å²) < 4.78 is 232. The number of ether oxygens (including phenoxy) is 4. The number of hydrogen-bond acceptors (Lipinski definition) is 30. The zero-order chi connectivity index (χ0) is 82.3. The summed E-state index contributed by atoms with van der Waals surface area (Å²) >= 11 is 0. The Labute approximate surface area is 626 Å². The Kier molecular flexibility index (Phi) is 28.6. The largest absolute Gasteiger partial charge is 0.508 e. The highest BCUT2D eigenvalue weighted by Crippen LogP contribution is 2.35. The van der Waals surface area contributed by atoms with Gasteiger partial charge in [0.1, 0.15) is 75.3 Å². The van der Waals surface area contributed by atoms with E-state index in [1.165, 1.54) is 76.0 Å². The molecule has 4 aromatic heterocycles. The summed E-state index contributed by atoms with van der Waals surface area (Å²) in [6, 6.07) is 26.5. The van der Waals surface area contributed by atoms with Gasteiger partial charge in [-0.25, -0.2) is 52.1 Å². The van der Waals surface area contributed by atoms with Crippen LogP contribution in [0.25, 0.3) is 11.3 Å². The number of nitro groups is 2. The van der Waals surface area contributed by atoms with Gasteiger partial charge in [-0.2, -0.15) is 64.9 Å². The van der Waals surface area contributed by atoms with E-state index in [0.717, 1.165) is 93.4 Å². The van der Waals surface area contributed by atoms with E-state index in [1.54, 1.807) is 12.1 Å². The molecular weight excluding hydrogens is 1600 g/mol. The van der Waals surface area contributed by atoms with Gasteiger partial charge >= 0.3 is 26.4 Å². The first-order valence-electron chi connectivity index (χ1n) is 31.4. The van der Waals surface area contributed by atoms with E-state index in [2.05, 4.69) is 60.4 Å². The highest BCUT2D eigenvalue weighted by Gasteiger charge is 2.27. The number of benzene rings is 5. The monoisotopic (exact) mass is 1660 g/mol. The standard InChI is InChI=1S/2C19H18F2N6O3S.C9H9F2NO5S.C9H11F2NO3S.C8H9NO5S/c2*1-31(28,29)10-11-6-14(4-5-15(11)30-19(20)21)24-16-7-17(25-13-2-3-13)27-18(26-16)12(8-22)9-23-27;1-18(15,16)5-6-4-7(12(13)14)2-3-8(6)17-9(10)11;1-16(13,14)5-6-4-7(12)2-3-8(6)15-9(10)11;1-15(13,14)5-6-4-7(9(11)12)2-3-8(6)10/h2*4-7,9,13,19,25H,2-3,10H2,1H3,(H,24,26);2-4,9H,5H2,1H3;2-4,9H,5,12H2,1H3;2-4,10H,5H2,1H3. The molecule has 0 spiro atoms. The molecule has 111 heavy (non-hydrogen) atoms. The molecule has 5 aromatic carbocycles. The molecule has 0 bridgehead atoms. The fourth-order valence-electron chi connectivity index (χ4n) is 9.69. The van der Waals surface area contributed by atoms with Crippen LogP contribution in [0.5, 0.6) is 28.7 Å². The quantitative estimate of drug-likeness (QED) is 0.0115.